The molecule has 0 N–H and O–H groups in total. The SMILES string of the molecule is CCCCCCCCOc1ccc(C=NN(C)C)cc1. The molecule has 0 spiro atoms. The summed E-state index contributed by atoms with van der Waals surface area (Å²) < 4.78 is 5.74. The maximum Gasteiger partial charge on any atom is 0.119 e. The monoisotopic (exact) mass is 276 g/mol. The van der Waals surface area contributed by atoms with E-state index in [-0.39, 0.29) is 0 Å². The number of unbranched alkanes of at least 4 members (excludes halogenated alkanes) is 5. The smallest absolute Gasteiger partial charge is 0.119 e. The quantitative estimate of drug-likeness (QED) is 0.361. The minimum atomic E-state index is 0.817. The van der Waals surface area contributed by atoms with Gasteiger partial charge in [0.1, 0.15) is 5.75 Å². The lowest BCUT2D eigenvalue weighted by molar-refractivity contribution is 0.304. The van der Waals surface area contributed by atoms with E-state index in [4.69, 9.17) is 4.74 Å². The number of hydrogen-bond donors (Lipinski definition) is 0. The molecule has 0 amide bonds. The van der Waals surface area contributed by atoms with Crippen LogP contribution in [0.1, 0.15) is 51.0 Å². The normalized spacial score (nSPS) is 10.9. The van der Waals surface area contributed by atoms with E-state index in [1.807, 2.05) is 44.6 Å². The second-order valence-corrected chi connectivity index (χ2v) is 5.28. The van der Waals surface area contributed by atoms with Gasteiger partial charge in [0.05, 0.1) is 12.8 Å². The Labute approximate surface area is 123 Å². The van der Waals surface area contributed by atoms with Gasteiger partial charge < -0.3 is 9.75 Å². The fourth-order valence-corrected chi connectivity index (χ4v) is 1.90. The Morgan fingerprint density at radius 2 is 1.65 bits per heavy atom. The van der Waals surface area contributed by atoms with Gasteiger partial charge in [0, 0.05) is 14.1 Å². The van der Waals surface area contributed by atoms with Gasteiger partial charge in [-0.1, -0.05) is 39.0 Å². The lowest BCUT2D eigenvalue weighted by atomic mass is 10.1. The van der Waals surface area contributed by atoms with E-state index in [0.29, 0.717) is 0 Å². The summed E-state index contributed by atoms with van der Waals surface area (Å²) in [7, 11) is 3.82. The Bertz CT molecular complexity index is 371. The molecule has 0 fully saturated rings. The second-order valence-electron chi connectivity index (χ2n) is 5.28. The van der Waals surface area contributed by atoms with Crippen molar-refractivity contribution in [1.82, 2.24) is 5.01 Å². The van der Waals surface area contributed by atoms with Gasteiger partial charge in [-0.25, -0.2) is 0 Å². The van der Waals surface area contributed by atoms with Gasteiger partial charge in [0.15, 0.2) is 0 Å². The third-order valence-electron chi connectivity index (χ3n) is 3.08. The molecule has 112 valence electrons. The van der Waals surface area contributed by atoms with Crippen LogP contribution in [0.25, 0.3) is 0 Å². The van der Waals surface area contributed by atoms with Crippen LogP contribution in [-0.4, -0.2) is 31.9 Å². The van der Waals surface area contributed by atoms with Gasteiger partial charge in [-0.05, 0) is 36.2 Å². The molecule has 0 saturated carbocycles. The molecule has 1 rings (SSSR count). The van der Waals surface area contributed by atoms with Gasteiger partial charge >= 0.3 is 0 Å². The minimum absolute atomic E-state index is 0.817. The molecule has 1 aromatic rings. The standard InChI is InChI=1S/C17H28N2O/c1-4-5-6-7-8-9-14-20-17-12-10-16(11-13-17)15-18-19(2)3/h10-13,15H,4-9,14H2,1-3H3. The molecule has 0 radical (unpaired) electrons. The van der Waals surface area contributed by atoms with Gasteiger partial charge in [-0.15, -0.1) is 0 Å². The molecule has 1 aromatic carbocycles. The van der Waals surface area contributed by atoms with Crippen molar-refractivity contribution >= 4 is 6.21 Å². The Kier molecular flexibility index (Phi) is 8.52. The molecule has 0 saturated heterocycles. The third kappa shape index (κ3) is 7.82. The summed E-state index contributed by atoms with van der Waals surface area (Å²) >= 11 is 0. The van der Waals surface area contributed by atoms with Crippen molar-refractivity contribution in [2.75, 3.05) is 20.7 Å². The van der Waals surface area contributed by atoms with Crippen molar-refractivity contribution in [3.63, 3.8) is 0 Å². The number of hydrazone groups is 1. The van der Waals surface area contributed by atoms with E-state index in [9.17, 15) is 0 Å². The van der Waals surface area contributed by atoms with Crippen LogP contribution >= 0.6 is 0 Å². The van der Waals surface area contributed by atoms with Crippen LogP contribution in [0.2, 0.25) is 0 Å². The van der Waals surface area contributed by atoms with E-state index in [1.54, 1.807) is 5.01 Å². The molecule has 3 heteroatoms. The second kappa shape index (κ2) is 10.3. The van der Waals surface area contributed by atoms with E-state index in [1.165, 1.54) is 32.1 Å². The summed E-state index contributed by atoms with van der Waals surface area (Å²) in [5, 5.41) is 5.98. The van der Waals surface area contributed by atoms with Crippen molar-refractivity contribution in [1.29, 1.82) is 0 Å². The van der Waals surface area contributed by atoms with Crippen LogP contribution in [0, 0.1) is 0 Å². The molecule has 0 unspecified atom stereocenters. The highest BCUT2D eigenvalue weighted by Gasteiger charge is 1.95. The van der Waals surface area contributed by atoms with E-state index >= 15 is 0 Å². The van der Waals surface area contributed by atoms with E-state index in [0.717, 1.165) is 24.3 Å². The fourth-order valence-electron chi connectivity index (χ4n) is 1.90. The van der Waals surface area contributed by atoms with Gasteiger partial charge in [-0.3, -0.25) is 0 Å². The molecule has 0 aromatic heterocycles. The number of benzene rings is 1. The van der Waals surface area contributed by atoms with Crippen LogP contribution in [-0.2, 0) is 0 Å². The highest BCUT2D eigenvalue weighted by molar-refractivity contribution is 5.79. The summed E-state index contributed by atoms with van der Waals surface area (Å²) in [6.07, 6.45) is 9.61. The van der Waals surface area contributed by atoms with Crippen LogP contribution in [0.3, 0.4) is 0 Å². The number of ether oxygens (including phenoxy) is 1. The van der Waals surface area contributed by atoms with Crippen LogP contribution < -0.4 is 4.74 Å². The minimum Gasteiger partial charge on any atom is -0.494 e. The maximum absolute atomic E-state index is 5.74. The number of rotatable bonds is 10. The van der Waals surface area contributed by atoms with Crippen LogP contribution in [0.4, 0.5) is 0 Å². The lowest BCUT2D eigenvalue weighted by Crippen LogP contribution is -2.02. The van der Waals surface area contributed by atoms with Crippen molar-refractivity contribution < 1.29 is 4.74 Å². The van der Waals surface area contributed by atoms with Crippen molar-refractivity contribution in [2.45, 2.75) is 45.4 Å². The molecule has 0 heterocycles. The first-order chi connectivity index (χ1) is 9.72. The molecular weight excluding hydrogens is 248 g/mol. The van der Waals surface area contributed by atoms with Gasteiger partial charge in [0.2, 0.25) is 0 Å². The zero-order chi connectivity index (χ0) is 14.6. The predicted molar refractivity (Wildman–Crippen MR) is 86.6 cm³/mol. The van der Waals surface area contributed by atoms with Gasteiger partial charge in [-0.2, -0.15) is 5.10 Å². The molecule has 20 heavy (non-hydrogen) atoms. The number of hydrogen-bond acceptors (Lipinski definition) is 3. The first kappa shape index (κ1) is 16.5. The lowest BCUT2D eigenvalue weighted by Gasteiger charge is -2.06. The Balaban J connectivity index is 2.18. The Morgan fingerprint density at radius 1 is 1.00 bits per heavy atom. The summed E-state index contributed by atoms with van der Waals surface area (Å²) in [6, 6.07) is 8.08. The number of nitrogens with zero attached hydrogens (tertiary/aromatic N) is 2. The topological polar surface area (TPSA) is 24.8 Å². The summed E-state index contributed by atoms with van der Waals surface area (Å²) in [5.41, 5.74) is 1.09. The first-order valence-corrected chi connectivity index (χ1v) is 7.66. The average Bonchev–Trinajstić information content (AvgIpc) is 2.45. The highest BCUT2D eigenvalue weighted by Crippen LogP contribution is 2.12. The molecule has 3 nitrogen and oxygen atoms in total. The van der Waals surface area contributed by atoms with Crippen molar-refractivity contribution in [3.8, 4) is 5.75 Å². The van der Waals surface area contributed by atoms with Gasteiger partial charge in [0.25, 0.3) is 0 Å². The van der Waals surface area contributed by atoms with Crippen molar-refractivity contribution in [3.05, 3.63) is 29.8 Å². The molecule has 0 atom stereocenters. The molecule has 0 bridgehead atoms. The highest BCUT2D eigenvalue weighted by atomic mass is 16.5. The summed E-state index contributed by atoms with van der Waals surface area (Å²) in [5.74, 6) is 0.945. The fraction of sp³-hybridized carbons (Fsp3) is 0.588. The molecular formula is C17H28N2O. The average molecular weight is 276 g/mol. The van der Waals surface area contributed by atoms with Crippen LogP contribution in [0.15, 0.2) is 29.4 Å². The third-order valence-corrected chi connectivity index (χ3v) is 3.08. The Hall–Kier alpha value is -1.51. The first-order valence-electron chi connectivity index (χ1n) is 7.66. The predicted octanol–water partition coefficient (Wildman–Crippen LogP) is 4.32. The molecule has 0 aliphatic carbocycles. The maximum atomic E-state index is 5.74. The molecule has 0 aliphatic rings. The summed E-state index contributed by atoms with van der Waals surface area (Å²) in [4.78, 5) is 0. The zero-order valence-corrected chi connectivity index (χ0v) is 13.1. The van der Waals surface area contributed by atoms with E-state index < -0.39 is 0 Å². The largest absolute Gasteiger partial charge is 0.494 e. The Morgan fingerprint density at radius 3 is 2.30 bits per heavy atom. The molecule has 0 aliphatic heterocycles. The zero-order valence-electron chi connectivity index (χ0n) is 13.1. The van der Waals surface area contributed by atoms with Crippen molar-refractivity contribution in [2.24, 2.45) is 5.10 Å². The van der Waals surface area contributed by atoms with Crippen LogP contribution in [0.5, 0.6) is 5.75 Å². The summed E-state index contributed by atoms with van der Waals surface area (Å²) in [6.45, 7) is 3.06. The van der Waals surface area contributed by atoms with E-state index in [2.05, 4.69) is 12.0 Å².